The summed E-state index contributed by atoms with van der Waals surface area (Å²) in [5.74, 6) is 0. The average molecular weight is 347 g/mol. The summed E-state index contributed by atoms with van der Waals surface area (Å²) in [5, 5.41) is 3.09. The molecule has 120 valence electrons. The fraction of sp³-hybridized carbons (Fsp3) is 0.538. The third-order valence-electron chi connectivity index (χ3n) is 3.42. The van der Waals surface area contributed by atoms with Gasteiger partial charge in [-0.2, -0.15) is 13.2 Å². The number of benzene rings is 1. The Labute approximate surface area is 131 Å². The van der Waals surface area contributed by atoms with Gasteiger partial charge in [-0.15, -0.1) is 12.4 Å². The molecule has 1 aliphatic heterocycles. The zero-order valence-electron chi connectivity index (χ0n) is 11.1. The lowest BCUT2D eigenvalue weighted by Gasteiger charge is -2.34. The lowest BCUT2D eigenvalue weighted by Crippen LogP contribution is -2.46. The van der Waals surface area contributed by atoms with Crippen molar-refractivity contribution in [3.05, 3.63) is 34.3 Å². The fourth-order valence-electron chi connectivity index (χ4n) is 2.44. The van der Waals surface area contributed by atoms with E-state index in [1.165, 1.54) is 12.1 Å². The van der Waals surface area contributed by atoms with Crippen molar-refractivity contribution in [3.63, 3.8) is 0 Å². The smallest absolute Gasteiger partial charge is 0.314 e. The summed E-state index contributed by atoms with van der Waals surface area (Å²) < 4.78 is 52.6. The van der Waals surface area contributed by atoms with E-state index in [2.05, 4.69) is 5.32 Å². The first kappa shape index (κ1) is 18.5. The van der Waals surface area contributed by atoms with E-state index in [9.17, 15) is 17.6 Å². The predicted octanol–water partition coefficient (Wildman–Crippen LogP) is 3.70. The van der Waals surface area contributed by atoms with Gasteiger partial charge in [0.2, 0.25) is 0 Å². The van der Waals surface area contributed by atoms with E-state index in [0.29, 0.717) is 26.2 Å². The highest BCUT2D eigenvalue weighted by molar-refractivity contribution is 6.30. The summed E-state index contributed by atoms with van der Waals surface area (Å²) in [5.41, 5.74) is -0.905. The van der Waals surface area contributed by atoms with E-state index in [1.54, 1.807) is 4.90 Å². The van der Waals surface area contributed by atoms with E-state index in [4.69, 9.17) is 11.6 Å². The van der Waals surface area contributed by atoms with Gasteiger partial charge >= 0.3 is 6.18 Å². The van der Waals surface area contributed by atoms with Crippen molar-refractivity contribution < 1.29 is 17.6 Å². The minimum atomic E-state index is -4.54. The summed E-state index contributed by atoms with van der Waals surface area (Å²) in [6.45, 7) is 1.48. The molecule has 8 heteroatoms. The van der Waals surface area contributed by atoms with Crippen LogP contribution in [0.1, 0.15) is 17.2 Å². The second kappa shape index (κ2) is 7.63. The van der Waals surface area contributed by atoms with Gasteiger partial charge in [0.1, 0.15) is 6.67 Å². The molecule has 0 radical (unpaired) electrons. The molecular formula is C13H16Cl2F4N2. The largest absolute Gasteiger partial charge is 0.416 e. The standard InChI is InChI=1S/C13H15ClF4N2.ClH/c14-9-1-2-10(11(7-9)13(16,17)18)12(8-15)20-5-3-19-4-6-20;/h1-2,7,12,19H,3-6,8H2;1H/t12-;/m1./s1. The molecule has 0 saturated carbocycles. The molecule has 1 fully saturated rings. The van der Waals surface area contributed by atoms with Crippen LogP contribution in [0.25, 0.3) is 0 Å². The Morgan fingerprint density at radius 2 is 1.86 bits per heavy atom. The van der Waals surface area contributed by atoms with Crippen molar-refractivity contribution in [1.29, 1.82) is 0 Å². The molecule has 1 heterocycles. The Hall–Kier alpha value is -0.560. The van der Waals surface area contributed by atoms with Crippen LogP contribution in [-0.2, 0) is 6.18 Å². The molecule has 0 bridgehead atoms. The lowest BCUT2D eigenvalue weighted by molar-refractivity contribution is -0.138. The minimum Gasteiger partial charge on any atom is -0.314 e. The van der Waals surface area contributed by atoms with Crippen molar-refractivity contribution in [2.75, 3.05) is 32.9 Å². The van der Waals surface area contributed by atoms with Crippen LogP contribution in [0.5, 0.6) is 0 Å². The minimum absolute atomic E-state index is 0. The molecule has 0 spiro atoms. The first-order valence-electron chi connectivity index (χ1n) is 6.31. The van der Waals surface area contributed by atoms with Crippen LogP contribution in [0.15, 0.2) is 18.2 Å². The number of nitrogens with zero attached hydrogens (tertiary/aromatic N) is 1. The molecule has 0 amide bonds. The van der Waals surface area contributed by atoms with Crippen molar-refractivity contribution in [1.82, 2.24) is 10.2 Å². The molecule has 0 aromatic heterocycles. The maximum Gasteiger partial charge on any atom is 0.416 e. The van der Waals surface area contributed by atoms with E-state index < -0.39 is 24.5 Å². The normalized spacial score (nSPS) is 18.1. The van der Waals surface area contributed by atoms with Crippen LogP contribution in [0.2, 0.25) is 5.02 Å². The maximum atomic E-state index is 13.3. The van der Waals surface area contributed by atoms with Gasteiger partial charge in [-0.05, 0) is 17.7 Å². The molecule has 1 N–H and O–H groups in total. The first-order valence-corrected chi connectivity index (χ1v) is 6.68. The number of rotatable bonds is 3. The third-order valence-corrected chi connectivity index (χ3v) is 3.65. The molecule has 2 nitrogen and oxygen atoms in total. The van der Waals surface area contributed by atoms with Crippen molar-refractivity contribution in [2.45, 2.75) is 12.2 Å². The quantitative estimate of drug-likeness (QED) is 0.839. The molecule has 1 aromatic carbocycles. The topological polar surface area (TPSA) is 15.3 Å². The highest BCUT2D eigenvalue weighted by Gasteiger charge is 2.37. The van der Waals surface area contributed by atoms with E-state index in [1.807, 2.05) is 0 Å². The van der Waals surface area contributed by atoms with E-state index in [-0.39, 0.29) is 23.0 Å². The van der Waals surface area contributed by atoms with Crippen molar-refractivity contribution in [3.8, 4) is 0 Å². The predicted molar refractivity (Wildman–Crippen MR) is 76.9 cm³/mol. The second-order valence-corrected chi connectivity index (χ2v) is 5.12. The molecule has 1 aliphatic rings. The van der Waals surface area contributed by atoms with Gasteiger partial charge in [0.05, 0.1) is 11.6 Å². The van der Waals surface area contributed by atoms with Gasteiger partial charge < -0.3 is 5.32 Å². The molecule has 1 aromatic rings. The van der Waals surface area contributed by atoms with Gasteiger partial charge in [0.25, 0.3) is 0 Å². The van der Waals surface area contributed by atoms with Crippen LogP contribution in [-0.4, -0.2) is 37.8 Å². The van der Waals surface area contributed by atoms with Gasteiger partial charge in [0, 0.05) is 31.2 Å². The van der Waals surface area contributed by atoms with Crippen LogP contribution in [0, 0.1) is 0 Å². The Morgan fingerprint density at radius 3 is 2.38 bits per heavy atom. The Bertz CT molecular complexity index is 462. The molecule has 1 atom stereocenters. The summed E-state index contributed by atoms with van der Waals surface area (Å²) in [4.78, 5) is 1.73. The third kappa shape index (κ3) is 4.45. The number of piperazine rings is 1. The molecule has 0 unspecified atom stereocenters. The SMILES string of the molecule is Cl.FC[C@H](c1ccc(Cl)cc1C(F)(F)F)N1CCNCC1. The van der Waals surface area contributed by atoms with Crippen LogP contribution in [0.3, 0.4) is 0 Å². The monoisotopic (exact) mass is 346 g/mol. The summed E-state index contributed by atoms with van der Waals surface area (Å²) >= 11 is 5.64. The molecule has 1 saturated heterocycles. The van der Waals surface area contributed by atoms with Crippen molar-refractivity contribution in [2.24, 2.45) is 0 Å². The number of hydrogen-bond donors (Lipinski definition) is 1. The van der Waals surface area contributed by atoms with Crippen molar-refractivity contribution >= 4 is 24.0 Å². The van der Waals surface area contributed by atoms with Crippen LogP contribution < -0.4 is 5.32 Å². The van der Waals surface area contributed by atoms with Gasteiger partial charge in [-0.25, -0.2) is 4.39 Å². The van der Waals surface area contributed by atoms with E-state index in [0.717, 1.165) is 6.07 Å². The van der Waals surface area contributed by atoms with Gasteiger partial charge in [0.15, 0.2) is 0 Å². The number of alkyl halides is 4. The lowest BCUT2D eigenvalue weighted by atomic mass is 9.99. The first-order chi connectivity index (χ1) is 9.43. The molecule has 2 rings (SSSR count). The Kier molecular flexibility index (Phi) is 6.71. The van der Waals surface area contributed by atoms with Gasteiger partial charge in [-0.3, -0.25) is 4.90 Å². The fourth-order valence-corrected chi connectivity index (χ4v) is 2.61. The second-order valence-electron chi connectivity index (χ2n) is 4.69. The Morgan fingerprint density at radius 1 is 1.24 bits per heavy atom. The van der Waals surface area contributed by atoms with Crippen LogP contribution >= 0.6 is 24.0 Å². The summed E-state index contributed by atoms with van der Waals surface area (Å²) in [6.07, 6.45) is -4.54. The average Bonchev–Trinajstić information content (AvgIpc) is 2.41. The zero-order chi connectivity index (χ0) is 14.8. The maximum absolute atomic E-state index is 13.3. The number of nitrogens with one attached hydrogen (secondary N) is 1. The molecule has 0 aliphatic carbocycles. The van der Waals surface area contributed by atoms with E-state index >= 15 is 0 Å². The molecular weight excluding hydrogens is 331 g/mol. The van der Waals surface area contributed by atoms with Gasteiger partial charge in [-0.1, -0.05) is 17.7 Å². The highest BCUT2D eigenvalue weighted by Crippen LogP contribution is 2.38. The number of hydrogen-bond acceptors (Lipinski definition) is 2. The Balaban J connectivity index is 0.00000220. The highest BCUT2D eigenvalue weighted by atomic mass is 35.5. The number of halogens is 6. The zero-order valence-corrected chi connectivity index (χ0v) is 12.7. The summed E-state index contributed by atoms with van der Waals surface area (Å²) in [6, 6.07) is 2.63. The van der Waals surface area contributed by atoms with Crippen LogP contribution in [0.4, 0.5) is 17.6 Å². The summed E-state index contributed by atoms with van der Waals surface area (Å²) in [7, 11) is 0. The molecule has 21 heavy (non-hydrogen) atoms.